The summed E-state index contributed by atoms with van der Waals surface area (Å²) in [6.07, 6.45) is 1.22. The summed E-state index contributed by atoms with van der Waals surface area (Å²) >= 11 is 0. The van der Waals surface area contributed by atoms with Crippen LogP contribution in [0.25, 0.3) is 22.6 Å². The Morgan fingerprint density at radius 3 is 2.52 bits per heavy atom. The second kappa shape index (κ2) is 7.90. The summed E-state index contributed by atoms with van der Waals surface area (Å²) in [7, 11) is 0. The van der Waals surface area contributed by atoms with Crippen LogP contribution in [0, 0.1) is 0 Å². The van der Waals surface area contributed by atoms with Crippen molar-refractivity contribution in [2.45, 2.75) is 39.7 Å². The molecule has 4 aromatic rings. The SMILES string of the molecule is CCOc1ccc(OC(C)c2nnc(-c3cnc4onc(C(C)C)c4c3)o2)cc1. The zero-order chi connectivity index (χ0) is 20.4. The van der Waals surface area contributed by atoms with Gasteiger partial charge in [0.2, 0.25) is 5.89 Å². The van der Waals surface area contributed by atoms with Crippen LogP contribution in [-0.4, -0.2) is 26.9 Å². The Balaban J connectivity index is 1.53. The molecule has 4 rings (SSSR count). The molecule has 3 heterocycles. The lowest BCUT2D eigenvalue weighted by Gasteiger charge is -2.11. The molecular formula is C21H22N4O4. The number of fused-ring (bicyclic) bond motifs is 1. The van der Waals surface area contributed by atoms with Crippen molar-refractivity contribution < 1.29 is 18.4 Å². The lowest BCUT2D eigenvalue weighted by molar-refractivity contribution is 0.189. The molecule has 0 bridgehead atoms. The molecule has 0 spiro atoms. The fourth-order valence-corrected chi connectivity index (χ4v) is 2.93. The van der Waals surface area contributed by atoms with Gasteiger partial charge in [-0.05, 0) is 50.1 Å². The van der Waals surface area contributed by atoms with Crippen molar-refractivity contribution in [3.63, 3.8) is 0 Å². The van der Waals surface area contributed by atoms with Crippen LogP contribution in [0.15, 0.2) is 45.5 Å². The quantitative estimate of drug-likeness (QED) is 0.435. The van der Waals surface area contributed by atoms with Crippen LogP contribution in [0.4, 0.5) is 0 Å². The molecule has 1 atom stereocenters. The van der Waals surface area contributed by atoms with E-state index in [9.17, 15) is 0 Å². The number of pyridine rings is 1. The van der Waals surface area contributed by atoms with Gasteiger partial charge in [0.15, 0.2) is 6.10 Å². The molecule has 29 heavy (non-hydrogen) atoms. The van der Waals surface area contributed by atoms with Crippen LogP contribution in [0.1, 0.15) is 51.3 Å². The first-order valence-electron chi connectivity index (χ1n) is 9.53. The molecule has 0 amide bonds. The minimum absolute atomic E-state index is 0.217. The molecule has 0 fully saturated rings. The van der Waals surface area contributed by atoms with Crippen molar-refractivity contribution in [1.82, 2.24) is 20.3 Å². The molecule has 0 N–H and O–H groups in total. The van der Waals surface area contributed by atoms with Gasteiger partial charge in [-0.15, -0.1) is 10.2 Å². The van der Waals surface area contributed by atoms with E-state index in [0.717, 1.165) is 16.8 Å². The summed E-state index contributed by atoms with van der Waals surface area (Å²) in [4.78, 5) is 4.31. The van der Waals surface area contributed by atoms with Gasteiger partial charge in [-0.25, -0.2) is 4.98 Å². The third-order valence-electron chi connectivity index (χ3n) is 4.39. The van der Waals surface area contributed by atoms with Crippen molar-refractivity contribution in [2.75, 3.05) is 6.61 Å². The van der Waals surface area contributed by atoms with E-state index in [2.05, 4.69) is 34.2 Å². The molecular weight excluding hydrogens is 372 g/mol. The lowest BCUT2D eigenvalue weighted by Crippen LogP contribution is -2.03. The Morgan fingerprint density at radius 2 is 1.79 bits per heavy atom. The van der Waals surface area contributed by atoms with Gasteiger partial charge in [0.25, 0.3) is 11.6 Å². The predicted molar refractivity (Wildman–Crippen MR) is 106 cm³/mol. The minimum Gasteiger partial charge on any atom is -0.494 e. The molecule has 8 heteroatoms. The topological polar surface area (TPSA) is 96.3 Å². The molecule has 0 saturated heterocycles. The molecule has 150 valence electrons. The van der Waals surface area contributed by atoms with E-state index in [1.807, 2.05) is 44.2 Å². The van der Waals surface area contributed by atoms with Crippen molar-refractivity contribution in [3.05, 3.63) is 48.1 Å². The lowest BCUT2D eigenvalue weighted by atomic mass is 10.1. The van der Waals surface area contributed by atoms with Crippen LogP contribution in [-0.2, 0) is 0 Å². The third-order valence-corrected chi connectivity index (χ3v) is 4.39. The number of ether oxygens (including phenoxy) is 2. The van der Waals surface area contributed by atoms with Gasteiger partial charge in [-0.2, -0.15) is 0 Å². The normalized spacial score (nSPS) is 12.4. The molecule has 0 radical (unpaired) electrons. The Kier molecular flexibility index (Phi) is 5.16. The highest BCUT2D eigenvalue weighted by Crippen LogP contribution is 2.29. The first kappa shape index (κ1) is 18.9. The average Bonchev–Trinajstić information content (AvgIpc) is 3.36. The van der Waals surface area contributed by atoms with Crippen LogP contribution in [0.3, 0.4) is 0 Å². The zero-order valence-corrected chi connectivity index (χ0v) is 16.7. The van der Waals surface area contributed by atoms with E-state index in [1.165, 1.54) is 0 Å². The summed E-state index contributed by atoms with van der Waals surface area (Å²) in [6.45, 7) is 8.52. The van der Waals surface area contributed by atoms with Gasteiger partial charge in [-0.1, -0.05) is 19.0 Å². The van der Waals surface area contributed by atoms with Crippen LogP contribution in [0.2, 0.25) is 0 Å². The zero-order valence-electron chi connectivity index (χ0n) is 16.7. The number of aromatic nitrogens is 4. The fraction of sp³-hybridized carbons (Fsp3) is 0.333. The predicted octanol–water partition coefficient (Wildman–Crippen LogP) is 4.93. The molecule has 3 aromatic heterocycles. The van der Waals surface area contributed by atoms with Crippen LogP contribution < -0.4 is 9.47 Å². The smallest absolute Gasteiger partial charge is 0.257 e. The second-order valence-corrected chi connectivity index (χ2v) is 6.91. The van der Waals surface area contributed by atoms with Crippen molar-refractivity contribution in [3.8, 4) is 23.0 Å². The largest absolute Gasteiger partial charge is 0.494 e. The summed E-state index contributed by atoms with van der Waals surface area (Å²) in [5.41, 5.74) is 2.04. The monoisotopic (exact) mass is 394 g/mol. The molecule has 0 aliphatic carbocycles. The van der Waals surface area contributed by atoms with E-state index < -0.39 is 6.10 Å². The fourth-order valence-electron chi connectivity index (χ4n) is 2.93. The number of hydrogen-bond acceptors (Lipinski definition) is 8. The highest BCUT2D eigenvalue weighted by atomic mass is 16.5. The van der Waals surface area contributed by atoms with Crippen molar-refractivity contribution in [1.29, 1.82) is 0 Å². The van der Waals surface area contributed by atoms with Gasteiger partial charge in [0.1, 0.15) is 11.5 Å². The van der Waals surface area contributed by atoms with Crippen molar-refractivity contribution in [2.24, 2.45) is 0 Å². The second-order valence-electron chi connectivity index (χ2n) is 6.91. The van der Waals surface area contributed by atoms with Crippen molar-refractivity contribution >= 4 is 11.1 Å². The molecule has 0 saturated carbocycles. The number of benzene rings is 1. The Labute approximate surface area is 167 Å². The highest BCUT2D eigenvalue weighted by Gasteiger charge is 2.19. The molecule has 0 aliphatic rings. The Morgan fingerprint density at radius 1 is 1.03 bits per heavy atom. The minimum atomic E-state index is -0.410. The van der Waals surface area contributed by atoms with Gasteiger partial charge >= 0.3 is 0 Å². The molecule has 0 aliphatic heterocycles. The first-order chi connectivity index (χ1) is 14.0. The summed E-state index contributed by atoms with van der Waals surface area (Å²) in [6, 6.07) is 9.31. The maximum Gasteiger partial charge on any atom is 0.257 e. The van der Waals surface area contributed by atoms with Gasteiger partial charge in [-0.3, -0.25) is 0 Å². The van der Waals surface area contributed by atoms with Crippen LogP contribution in [0.5, 0.6) is 11.5 Å². The Bertz CT molecular complexity index is 1100. The van der Waals surface area contributed by atoms with Crippen LogP contribution >= 0.6 is 0 Å². The van der Waals surface area contributed by atoms with E-state index in [4.69, 9.17) is 18.4 Å². The highest BCUT2D eigenvalue weighted by molar-refractivity contribution is 5.80. The number of nitrogens with zero attached hydrogens (tertiary/aromatic N) is 4. The Hall–Kier alpha value is -3.42. The first-order valence-corrected chi connectivity index (χ1v) is 9.53. The standard InChI is InChI=1S/C21H22N4O4/c1-5-26-15-6-8-16(9-7-15)27-13(4)19-23-24-20(28-19)14-10-17-18(12(2)3)25-29-21(17)22-11-14/h6-13H,5H2,1-4H3. The molecule has 1 unspecified atom stereocenters. The maximum atomic E-state index is 5.90. The molecule has 1 aromatic carbocycles. The summed E-state index contributed by atoms with van der Waals surface area (Å²) in [5.74, 6) is 2.45. The average molecular weight is 394 g/mol. The third kappa shape index (κ3) is 3.91. The number of hydrogen-bond donors (Lipinski definition) is 0. The van der Waals surface area contributed by atoms with E-state index in [1.54, 1.807) is 6.20 Å². The van der Waals surface area contributed by atoms with Gasteiger partial charge < -0.3 is 18.4 Å². The summed E-state index contributed by atoms with van der Waals surface area (Å²) in [5, 5.41) is 13.2. The van der Waals surface area contributed by atoms with E-state index in [-0.39, 0.29) is 5.92 Å². The van der Waals surface area contributed by atoms with E-state index in [0.29, 0.717) is 35.4 Å². The van der Waals surface area contributed by atoms with Gasteiger partial charge in [0, 0.05) is 6.20 Å². The molecule has 8 nitrogen and oxygen atoms in total. The number of rotatable bonds is 7. The summed E-state index contributed by atoms with van der Waals surface area (Å²) < 4.78 is 22.4. The van der Waals surface area contributed by atoms with Gasteiger partial charge in [0.05, 0.1) is 23.3 Å². The maximum absolute atomic E-state index is 5.90. The van der Waals surface area contributed by atoms with E-state index >= 15 is 0 Å².